The van der Waals surface area contributed by atoms with Gasteiger partial charge in [-0.05, 0) is 25.0 Å². The fraction of sp³-hybridized carbons (Fsp3) is 0.333. The van der Waals surface area contributed by atoms with Gasteiger partial charge in [-0.1, -0.05) is 31.0 Å². The van der Waals surface area contributed by atoms with Gasteiger partial charge in [0.2, 0.25) is 0 Å². The summed E-state index contributed by atoms with van der Waals surface area (Å²) in [5.74, 6) is 0. The third-order valence-corrected chi connectivity index (χ3v) is 4.43. The number of aromatic amines is 1. The molecule has 2 aromatic rings. The largest absolute Gasteiger partial charge is 0.417 e. The number of rotatable bonds is 4. The van der Waals surface area contributed by atoms with Crippen LogP contribution in [0.25, 0.3) is 0 Å². The maximum Gasteiger partial charge on any atom is 0.417 e. The number of benzene rings is 1. The van der Waals surface area contributed by atoms with E-state index in [-0.39, 0.29) is 17.2 Å². The Bertz CT molecular complexity index is 836. The van der Waals surface area contributed by atoms with Gasteiger partial charge in [0.15, 0.2) is 0 Å². The van der Waals surface area contributed by atoms with Crippen LogP contribution in [0.2, 0.25) is 0 Å². The smallest absolute Gasteiger partial charge is 0.382 e. The SMILES string of the molecule is N=C(c1ccccc1C(F)(F)F)c1c(NC2CCCC2)cc[nH]c1=O. The fourth-order valence-electron chi connectivity index (χ4n) is 3.22. The predicted molar refractivity (Wildman–Crippen MR) is 90.3 cm³/mol. The Kier molecular flexibility index (Phi) is 4.65. The number of H-pyrrole nitrogens is 1. The summed E-state index contributed by atoms with van der Waals surface area (Å²) in [6.07, 6.45) is 0.877. The first-order valence-corrected chi connectivity index (χ1v) is 8.11. The van der Waals surface area contributed by atoms with Crippen LogP contribution in [0.15, 0.2) is 41.3 Å². The maximum atomic E-state index is 13.3. The second-order valence-corrected chi connectivity index (χ2v) is 6.14. The normalized spacial score (nSPS) is 15.3. The average molecular weight is 349 g/mol. The van der Waals surface area contributed by atoms with Crippen molar-refractivity contribution >= 4 is 11.4 Å². The van der Waals surface area contributed by atoms with Gasteiger partial charge in [0.1, 0.15) is 0 Å². The van der Waals surface area contributed by atoms with E-state index < -0.39 is 23.0 Å². The second-order valence-electron chi connectivity index (χ2n) is 6.14. The van der Waals surface area contributed by atoms with Crippen molar-refractivity contribution in [2.45, 2.75) is 37.9 Å². The molecule has 3 N–H and O–H groups in total. The molecule has 7 heteroatoms. The van der Waals surface area contributed by atoms with Gasteiger partial charge >= 0.3 is 6.18 Å². The number of pyridine rings is 1. The number of alkyl halides is 3. The first-order chi connectivity index (χ1) is 11.9. The molecule has 0 saturated heterocycles. The molecule has 0 spiro atoms. The average Bonchev–Trinajstić information content (AvgIpc) is 3.07. The molecule has 0 amide bonds. The van der Waals surface area contributed by atoms with Crippen molar-refractivity contribution in [1.29, 1.82) is 5.41 Å². The molecule has 1 aliphatic rings. The summed E-state index contributed by atoms with van der Waals surface area (Å²) in [6.45, 7) is 0. The van der Waals surface area contributed by atoms with E-state index in [9.17, 15) is 18.0 Å². The zero-order chi connectivity index (χ0) is 18.0. The lowest BCUT2D eigenvalue weighted by Gasteiger charge is -2.18. The van der Waals surface area contributed by atoms with E-state index in [0.29, 0.717) is 5.69 Å². The van der Waals surface area contributed by atoms with Crippen LogP contribution < -0.4 is 10.9 Å². The van der Waals surface area contributed by atoms with Gasteiger partial charge < -0.3 is 10.3 Å². The number of halogens is 3. The van der Waals surface area contributed by atoms with Crippen LogP contribution in [0.3, 0.4) is 0 Å². The highest BCUT2D eigenvalue weighted by Gasteiger charge is 2.35. The van der Waals surface area contributed by atoms with Gasteiger partial charge in [-0.15, -0.1) is 0 Å². The summed E-state index contributed by atoms with van der Waals surface area (Å²) in [7, 11) is 0. The molecule has 1 aromatic carbocycles. The molecule has 4 nitrogen and oxygen atoms in total. The molecule has 0 unspecified atom stereocenters. The standard InChI is InChI=1S/C18H18F3N3O/c19-18(20,21)13-8-4-3-7-12(13)16(22)15-14(9-10-23-17(15)25)24-11-5-1-2-6-11/h3-4,7-11,22H,1-2,5-6H2,(H2,23,24,25). The van der Waals surface area contributed by atoms with Gasteiger partial charge in [0.05, 0.1) is 22.5 Å². The van der Waals surface area contributed by atoms with Crippen molar-refractivity contribution < 1.29 is 13.2 Å². The molecule has 0 atom stereocenters. The number of hydrogen-bond donors (Lipinski definition) is 3. The summed E-state index contributed by atoms with van der Waals surface area (Å²) in [4.78, 5) is 14.7. The van der Waals surface area contributed by atoms with Crippen molar-refractivity contribution in [3.8, 4) is 0 Å². The molecule has 0 aliphatic heterocycles. The molecular formula is C18H18F3N3O. The Morgan fingerprint density at radius 3 is 2.52 bits per heavy atom. The topological polar surface area (TPSA) is 68.7 Å². The quantitative estimate of drug-likeness (QED) is 0.725. The zero-order valence-corrected chi connectivity index (χ0v) is 13.4. The summed E-state index contributed by atoms with van der Waals surface area (Å²) in [5.41, 5.74) is -1.90. The highest BCUT2D eigenvalue weighted by atomic mass is 19.4. The summed E-state index contributed by atoms with van der Waals surface area (Å²) in [5, 5.41) is 11.5. The van der Waals surface area contributed by atoms with Gasteiger partial charge in [0.25, 0.3) is 5.56 Å². The predicted octanol–water partition coefficient (Wildman–Crippen LogP) is 4.16. The van der Waals surface area contributed by atoms with E-state index in [1.54, 1.807) is 6.07 Å². The van der Waals surface area contributed by atoms with E-state index in [4.69, 9.17) is 5.41 Å². The number of hydrogen-bond acceptors (Lipinski definition) is 3. The monoisotopic (exact) mass is 349 g/mol. The van der Waals surface area contributed by atoms with Gasteiger partial charge in [-0.3, -0.25) is 10.2 Å². The fourth-order valence-corrected chi connectivity index (χ4v) is 3.22. The van der Waals surface area contributed by atoms with Crippen LogP contribution >= 0.6 is 0 Å². The molecule has 1 saturated carbocycles. The Balaban J connectivity index is 2.05. The van der Waals surface area contributed by atoms with E-state index in [1.807, 2.05) is 0 Å². The third kappa shape index (κ3) is 3.60. The van der Waals surface area contributed by atoms with Crippen molar-refractivity contribution in [2.24, 2.45) is 0 Å². The van der Waals surface area contributed by atoms with Crippen LogP contribution in [0.5, 0.6) is 0 Å². The minimum absolute atomic E-state index is 0.0638. The molecule has 0 radical (unpaired) electrons. The highest BCUT2D eigenvalue weighted by molar-refractivity contribution is 6.14. The Morgan fingerprint density at radius 2 is 1.84 bits per heavy atom. The zero-order valence-electron chi connectivity index (χ0n) is 13.4. The van der Waals surface area contributed by atoms with Crippen molar-refractivity contribution in [1.82, 2.24) is 4.98 Å². The molecule has 3 rings (SSSR count). The van der Waals surface area contributed by atoms with E-state index in [0.717, 1.165) is 31.7 Å². The maximum absolute atomic E-state index is 13.3. The van der Waals surface area contributed by atoms with E-state index >= 15 is 0 Å². The molecule has 1 aliphatic carbocycles. The summed E-state index contributed by atoms with van der Waals surface area (Å²) < 4.78 is 39.8. The second kappa shape index (κ2) is 6.74. The van der Waals surface area contributed by atoms with Crippen LogP contribution in [0.1, 0.15) is 42.4 Å². The highest BCUT2D eigenvalue weighted by Crippen LogP contribution is 2.33. The first kappa shape index (κ1) is 17.3. The lowest BCUT2D eigenvalue weighted by Crippen LogP contribution is -2.25. The van der Waals surface area contributed by atoms with Crippen molar-refractivity contribution in [3.63, 3.8) is 0 Å². The van der Waals surface area contributed by atoms with E-state index in [1.165, 1.54) is 24.4 Å². The lowest BCUT2D eigenvalue weighted by molar-refractivity contribution is -0.137. The van der Waals surface area contributed by atoms with Crippen LogP contribution in [-0.2, 0) is 6.18 Å². The number of nitrogens with one attached hydrogen (secondary N) is 3. The van der Waals surface area contributed by atoms with Crippen LogP contribution in [-0.4, -0.2) is 16.7 Å². The Morgan fingerprint density at radius 1 is 1.16 bits per heavy atom. The molecule has 1 fully saturated rings. The first-order valence-electron chi connectivity index (χ1n) is 8.11. The molecule has 132 valence electrons. The number of anilines is 1. The molecule has 1 aromatic heterocycles. The van der Waals surface area contributed by atoms with Gasteiger partial charge in [0, 0.05) is 17.8 Å². The Labute approximate surface area is 142 Å². The summed E-state index contributed by atoms with van der Waals surface area (Å²) >= 11 is 0. The molecule has 0 bridgehead atoms. The minimum atomic E-state index is -4.59. The van der Waals surface area contributed by atoms with E-state index in [2.05, 4.69) is 10.3 Å². The van der Waals surface area contributed by atoms with Crippen molar-refractivity contribution in [3.05, 3.63) is 63.6 Å². The molecular weight excluding hydrogens is 331 g/mol. The summed E-state index contributed by atoms with van der Waals surface area (Å²) in [6, 6.07) is 6.61. The molecule has 25 heavy (non-hydrogen) atoms. The van der Waals surface area contributed by atoms with Crippen molar-refractivity contribution in [2.75, 3.05) is 5.32 Å². The van der Waals surface area contributed by atoms with Crippen LogP contribution in [0.4, 0.5) is 18.9 Å². The molecule has 1 heterocycles. The third-order valence-electron chi connectivity index (χ3n) is 4.43. The Hall–Kier alpha value is -2.57. The minimum Gasteiger partial charge on any atom is -0.382 e. The van der Waals surface area contributed by atoms with Crippen LogP contribution in [0, 0.1) is 5.41 Å². The van der Waals surface area contributed by atoms with Gasteiger partial charge in [-0.25, -0.2) is 0 Å². The van der Waals surface area contributed by atoms with Gasteiger partial charge in [-0.2, -0.15) is 13.2 Å². The lowest BCUT2D eigenvalue weighted by atomic mass is 9.97. The number of aromatic nitrogens is 1.